The summed E-state index contributed by atoms with van der Waals surface area (Å²) >= 11 is 0. The van der Waals surface area contributed by atoms with Gasteiger partial charge in [-0.15, -0.1) is 0 Å². The van der Waals surface area contributed by atoms with Crippen LogP contribution >= 0.6 is 0 Å². The number of alkyl halides is 3. The fraction of sp³-hybridized carbons (Fsp3) is 0.350. The number of hydrogen-bond acceptors (Lipinski definition) is 4. The number of amides is 1. The molecule has 6 nitrogen and oxygen atoms in total. The van der Waals surface area contributed by atoms with Crippen molar-refractivity contribution in [2.75, 3.05) is 5.32 Å². The minimum absolute atomic E-state index is 0.128. The Morgan fingerprint density at radius 2 is 1.70 bits per heavy atom. The summed E-state index contributed by atoms with van der Waals surface area (Å²) in [6.45, 7) is 0. The minimum atomic E-state index is -4.59. The number of rotatable bonds is 3. The first kappa shape index (κ1) is 20.7. The van der Waals surface area contributed by atoms with Gasteiger partial charge < -0.3 is 10.6 Å². The summed E-state index contributed by atoms with van der Waals surface area (Å²) in [6, 6.07) is 8.89. The molecule has 160 valence electrons. The van der Waals surface area contributed by atoms with E-state index in [0.717, 1.165) is 43.9 Å². The van der Waals surface area contributed by atoms with E-state index in [1.807, 2.05) is 0 Å². The molecule has 1 aliphatic heterocycles. The van der Waals surface area contributed by atoms with Gasteiger partial charge in [-0.1, -0.05) is 25.0 Å². The predicted octanol–water partition coefficient (Wildman–Crippen LogP) is 3.78. The summed E-state index contributed by atoms with van der Waals surface area (Å²) in [5, 5.41) is 5.77. The highest BCUT2D eigenvalue weighted by Crippen LogP contribution is 2.37. The maximum absolute atomic E-state index is 13.0. The molecule has 30 heavy (non-hydrogen) atoms. The van der Waals surface area contributed by atoms with Crippen LogP contribution in [0.1, 0.15) is 53.3 Å². The van der Waals surface area contributed by atoms with Crippen LogP contribution < -0.4 is 15.4 Å². The summed E-state index contributed by atoms with van der Waals surface area (Å²) < 4.78 is 66.4. The first-order valence-corrected chi connectivity index (χ1v) is 11.0. The third-order valence-electron chi connectivity index (χ3n) is 5.37. The fourth-order valence-electron chi connectivity index (χ4n) is 3.77. The molecule has 0 bridgehead atoms. The standard InChI is InChI=1S/C20H20F3N3O3S/c21-20(22,23)14-9-10-17-16(11-14)25-18(26-30(17,28)29)12-5-7-13(8-6-12)19(27)24-15-3-1-2-4-15/h5-11,15,18,25-26H,1-4H2,(H,24,27)/t18-/m0/s1. The molecular weight excluding hydrogens is 419 g/mol. The third-order valence-corrected chi connectivity index (χ3v) is 6.85. The van der Waals surface area contributed by atoms with E-state index in [4.69, 9.17) is 0 Å². The Labute approximate surface area is 171 Å². The van der Waals surface area contributed by atoms with E-state index in [-0.39, 0.29) is 22.5 Å². The number of anilines is 1. The Bertz CT molecular complexity index is 1060. The molecule has 0 unspecified atom stereocenters. The normalized spacial score (nSPS) is 21.0. The Hall–Kier alpha value is -2.59. The second kappa shape index (κ2) is 7.59. The lowest BCUT2D eigenvalue weighted by Crippen LogP contribution is -2.38. The van der Waals surface area contributed by atoms with Crippen molar-refractivity contribution < 1.29 is 26.4 Å². The van der Waals surface area contributed by atoms with Crippen molar-refractivity contribution in [2.45, 2.75) is 49.0 Å². The number of hydrogen-bond donors (Lipinski definition) is 3. The van der Waals surface area contributed by atoms with Gasteiger partial charge in [0.1, 0.15) is 11.1 Å². The maximum atomic E-state index is 13.0. The van der Waals surface area contributed by atoms with Gasteiger partial charge in [0.15, 0.2) is 0 Å². The molecular formula is C20H20F3N3O3S. The highest BCUT2D eigenvalue weighted by molar-refractivity contribution is 7.89. The lowest BCUT2D eigenvalue weighted by atomic mass is 10.1. The zero-order chi connectivity index (χ0) is 21.5. The molecule has 1 atom stereocenters. The maximum Gasteiger partial charge on any atom is 0.416 e. The van der Waals surface area contributed by atoms with Gasteiger partial charge in [0.05, 0.1) is 11.3 Å². The topological polar surface area (TPSA) is 87.3 Å². The van der Waals surface area contributed by atoms with Crippen LogP contribution in [0, 0.1) is 0 Å². The molecule has 3 N–H and O–H groups in total. The van der Waals surface area contributed by atoms with Crippen LogP contribution in [0.4, 0.5) is 18.9 Å². The Morgan fingerprint density at radius 1 is 1.03 bits per heavy atom. The van der Waals surface area contributed by atoms with E-state index in [1.165, 1.54) is 0 Å². The van der Waals surface area contributed by atoms with Crippen LogP contribution in [0.25, 0.3) is 0 Å². The second-order valence-electron chi connectivity index (χ2n) is 7.48. The number of sulfonamides is 1. The lowest BCUT2D eigenvalue weighted by molar-refractivity contribution is -0.137. The zero-order valence-electron chi connectivity index (χ0n) is 15.8. The quantitative estimate of drug-likeness (QED) is 0.679. The number of nitrogens with one attached hydrogen (secondary N) is 3. The van der Waals surface area contributed by atoms with E-state index in [2.05, 4.69) is 15.4 Å². The first-order chi connectivity index (χ1) is 14.1. The van der Waals surface area contributed by atoms with Crippen LogP contribution in [-0.2, 0) is 16.2 Å². The Morgan fingerprint density at radius 3 is 2.33 bits per heavy atom. The van der Waals surface area contributed by atoms with E-state index in [0.29, 0.717) is 11.1 Å². The van der Waals surface area contributed by atoms with Crippen molar-refractivity contribution in [3.05, 3.63) is 59.2 Å². The molecule has 1 fully saturated rings. The highest BCUT2D eigenvalue weighted by atomic mass is 32.2. The van der Waals surface area contributed by atoms with E-state index >= 15 is 0 Å². The summed E-state index contributed by atoms with van der Waals surface area (Å²) in [6.07, 6.45) is -1.45. The van der Waals surface area contributed by atoms with Gasteiger partial charge in [-0.25, -0.2) is 8.42 Å². The lowest BCUT2D eigenvalue weighted by Gasteiger charge is -2.29. The molecule has 4 rings (SSSR count). The molecule has 0 radical (unpaired) electrons. The minimum Gasteiger partial charge on any atom is -0.364 e. The SMILES string of the molecule is O=C(NC1CCCC1)c1ccc([C@H]2Nc3cc(C(F)(F)F)ccc3S(=O)(=O)N2)cc1. The van der Waals surface area contributed by atoms with Gasteiger partial charge in [-0.3, -0.25) is 4.79 Å². The molecule has 2 aromatic carbocycles. The van der Waals surface area contributed by atoms with Gasteiger partial charge in [0.25, 0.3) is 5.91 Å². The summed E-state index contributed by atoms with van der Waals surface area (Å²) in [7, 11) is -4.00. The van der Waals surface area contributed by atoms with Gasteiger partial charge in [-0.05, 0) is 48.7 Å². The summed E-state index contributed by atoms with van der Waals surface area (Å²) in [4.78, 5) is 12.1. The average Bonchev–Trinajstić information content (AvgIpc) is 3.19. The van der Waals surface area contributed by atoms with Gasteiger partial charge in [0, 0.05) is 11.6 Å². The van der Waals surface area contributed by atoms with E-state index < -0.39 is 27.9 Å². The van der Waals surface area contributed by atoms with Crippen molar-refractivity contribution in [3.8, 4) is 0 Å². The Kier molecular flexibility index (Phi) is 5.23. The summed E-state index contributed by atoms with van der Waals surface area (Å²) in [5.41, 5.74) is -0.164. The van der Waals surface area contributed by atoms with Gasteiger partial charge >= 0.3 is 6.18 Å². The monoisotopic (exact) mass is 439 g/mol. The molecule has 2 aromatic rings. The molecule has 0 aromatic heterocycles. The molecule has 0 spiro atoms. The van der Waals surface area contributed by atoms with Gasteiger partial charge in [0.2, 0.25) is 10.0 Å². The third kappa shape index (κ3) is 4.15. The molecule has 1 aliphatic carbocycles. The van der Waals surface area contributed by atoms with Crippen molar-refractivity contribution in [1.82, 2.24) is 10.0 Å². The molecule has 10 heteroatoms. The molecule has 1 amide bonds. The zero-order valence-corrected chi connectivity index (χ0v) is 16.6. The molecule has 2 aliphatic rings. The van der Waals surface area contributed by atoms with E-state index in [9.17, 15) is 26.4 Å². The van der Waals surface area contributed by atoms with E-state index in [1.54, 1.807) is 24.3 Å². The van der Waals surface area contributed by atoms with Crippen LogP contribution in [0.3, 0.4) is 0 Å². The molecule has 1 heterocycles. The number of fused-ring (bicyclic) bond motifs is 1. The smallest absolute Gasteiger partial charge is 0.364 e. The van der Waals surface area contributed by atoms with Crippen molar-refractivity contribution in [2.24, 2.45) is 0 Å². The number of carbonyl (C=O) groups is 1. The average molecular weight is 439 g/mol. The van der Waals surface area contributed by atoms with Crippen molar-refractivity contribution in [3.63, 3.8) is 0 Å². The largest absolute Gasteiger partial charge is 0.416 e. The van der Waals surface area contributed by atoms with Gasteiger partial charge in [-0.2, -0.15) is 17.9 Å². The van der Waals surface area contributed by atoms with Crippen LogP contribution in [-0.4, -0.2) is 20.4 Å². The molecule has 1 saturated carbocycles. The number of benzene rings is 2. The van der Waals surface area contributed by atoms with Crippen LogP contribution in [0.15, 0.2) is 47.4 Å². The number of carbonyl (C=O) groups excluding carboxylic acids is 1. The number of halogens is 3. The summed E-state index contributed by atoms with van der Waals surface area (Å²) in [5.74, 6) is -0.203. The highest BCUT2D eigenvalue weighted by Gasteiger charge is 2.35. The van der Waals surface area contributed by atoms with Crippen molar-refractivity contribution in [1.29, 1.82) is 0 Å². The van der Waals surface area contributed by atoms with Crippen molar-refractivity contribution >= 4 is 21.6 Å². The Balaban J connectivity index is 1.55. The predicted molar refractivity (Wildman–Crippen MR) is 104 cm³/mol. The first-order valence-electron chi connectivity index (χ1n) is 9.54. The second-order valence-corrected chi connectivity index (χ2v) is 9.17. The van der Waals surface area contributed by atoms with Crippen LogP contribution in [0.5, 0.6) is 0 Å². The fourth-order valence-corrected chi connectivity index (χ4v) is 5.06. The van der Waals surface area contributed by atoms with Crippen LogP contribution in [0.2, 0.25) is 0 Å². The molecule has 0 saturated heterocycles.